The van der Waals surface area contributed by atoms with Gasteiger partial charge in [-0.1, -0.05) is 23.7 Å². The Kier molecular flexibility index (Phi) is 5.50. The predicted molar refractivity (Wildman–Crippen MR) is 114 cm³/mol. The van der Waals surface area contributed by atoms with Crippen LogP contribution in [0.5, 0.6) is 0 Å². The summed E-state index contributed by atoms with van der Waals surface area (Å²) in [6, 6.07) is 11.3. The Morgan fingerprint density at radius 1 is 1.20 bits per heavy atom. The number of halogens is 1. The molecule has 0 fully saturated rings. The van der Waals surface area contributed by atoms with Crippen molar-refractivity contribution in [2.24, 2.45) is 5.73 Å². The van der Waals surface area contributed by atoms with Crippen molar-refractivity contribution in [1.82, 2.24) is 14.9 Å². The molecule has 0 aliphatic heterocycles. The first kappa shape index (κ1) is 20.0. The van der Waals surface area contributed by atoms with Crippen LogP contribution in [0.2, 0.25) is 5.02 Å². The van der Waals surface area contributed by atoms with Gasteiger partial charge >= 0.3 is 0 Å². The first-order valence-electron chi connectivity index (χ1n) is 9.69. The van der Waals surface area contributed by atoms with Crippen LogP contribution in [0.4, 0.5) is 0 Å². The number of hydrogen-bond donors (Lipinski definition) is 1. The van der Waals surface area contributed by atoms with Crippen LogP contribution < -0.4 is 5.73 Å². The van der Waals surface area contributed by atoms with Gasteiger partial charge in [-0.15, -0.1) is 0 Å². The zero-order valence-corrected chi connectivity index (χ0v) is 17.2. The van der Waals surface area contributed by atoms with Gasteiger partial charge in [-0.3, -0.25) is 19.6 Å². The maximum atomic E-state index is 13.8. The zero-order valence-electron chi connectivity index (χ0n) is 16.5. The fourth-order valence-electron chi connectivity index (χ4n) is 4.13. The number of aromatic nitrogens is 2. The van der Waals surface area contributed by atoms with Gasteiger partial charge in [0.15, 0.2) is 0 Å². The van der Waals surface area contributed by atoms with E-state index in [1.54, 1.807) is 54.7 Å². The number of hydrogen-bond acceptors (Lipinski definition) is 4. The van der Waals surface area contributed by atoms with Crippen molar-refractivity contribution in [1.29, 1.82) is 0 Å². The van der Waals surface area contributed by atoms with Gasteiger partial charge in [0.25, 0.3) is 5.91 Å². The highest BCUT2D eigenvalue weighted by atomic mass is 35.5. The average Bonchev–Trinajstić information content (AvgIpc) is 3.14. The number of carbonyl (C=O) groups excluding carboxylic acids is 2. The molecule has 4 rings (SSSR count). The summed E-state index contributed by atoms with van der Waals surface area (Å²) >= 11 is 6.26. The summed E-state index contributed by atoms with van der Waals surface area (Å²) in [6.45, 7) is 1.77. The van der Waals surface area contributed by atoms with Crippen molar-refractivity contribution in [2.45, 2.75) is 31.8 Å². The van der Waals surface area contributed by atoms with Crippen LogP contribution in [-0.2, 0) is 11.2 Å². The largest absolute Gasteiger partial charge is 0.368 e. The third-order valence-corrected chi connectivity index (χ3v) is 5.74. The lowest BCUT2D eigenvalue weighted by Gasteiger charge is -2.36. The van der Waals surface area contributed by atoms with Gasteiger partial charge in [-0.2, -0.15) is 0 Å². The highest BCUT2D eigenvalue weighted by Crippen LogP contribution is 2.42. The second kappa shape index (κ2) is 8.24. The molecule has 0 saturated carbocycles. The van der Waals surface area contributed by atoms with E-state index in [9.17, 15) is 9.59 Å². The summed E-state index contributed by atoms with van der Waals surface area (Å²) in [4.78, 5) is 36.4. The predicted octanol–water partition coefficient (Wildman–Crippen LogP) is 3.79. The number of aryl methyl sites for hydroxylation is 2. The molecule has 152 valence electrons. The van der Waals surface area contributed by atoms with Crippen LogP contribution in [0, 0.1) is 6.92 Å². The Hall–Kier alpha value is -3.25. The number of pyridine rings is 2. The van der Waals surface area contributed by atoms with Gasteiger partial charge in [-0.25, -0.2) is 0 Å². The molecule has 30 heavy (non-hydrogen) atoms. The number of carbonyl (C=O) groups is 2. The number of nitrogens with two attached hydrogens (primary N) is 1. The Bertz CT molecular complexity index is 1100. The Morgan fingerprint density at radius 3 is 2.70 bits per heavy atom. The molecular formula is C23H21ClN4O2. The maximum Gasteiger partial charge on any atom is 0.257 e. The minimum Gasteiger partial charge on any atom is -0.368 e. The van der Waals surface area contributed by atoms with E-state index in [0.717, 1.165) is 17.5 Å². The second-order valence-corrected chi connectivity index (χ2v) is 7.77. The molecule has 2 heterocycles. The number of amides is 2. The fourth-order valence-corrected chi connectivity index (χ4v) is 4.31. The lowest BCUT2D eigenvalue weighted by atomic mass is 9.98. The molecule has 7 heteroatoms. The first-order valence-corrected chi connectivity index (χ1v) is 10.1. The SMILES string of the molecule is Cc1ncccc1C(=O)N([C@@H]1CCc2ccc(Cl)cc21)[C@@H](C(N)=O)c1cccnc1. The molecule has 2 N–H and O–H groups in total. The summed E-state index contributed by atoms with van der Waals surface area (Å²) in [5, 5.41) is 0.586. The lowest BCUT2D eigenvalue weighted by molar-refractivity contribution is -0.123. The Labute approximate surface area is 179 Å². The number of rotatable bonds is 5. The van der Waals surface area contributed by atoms with Gasteiger partial charge in [0.1, 0.15) is 6.04 Å². The zero-order chi connectivity index (χ0) is 21.3. The first-order chi connectivity index (χ1) is 14.5. The molecule has 6 nitrogen and oxygen atoms in total. The van der Waals surface area contributed by atoms with Crippen LogP contribution in [0.25, 0.3) is 0 Å². The van der Waals surface area contributed by atoms with E-state index in [0.29, 0.717) is 28.3 Å². The van der Waals surface area contributed by atoms with Gasteiger partial charge in [-0.05, 0) is 61.2 Å². The standard InChI is InChI=1S/C23H21ClN4O2/c1-14-18(5-3-11-27-14)23(30)28(21(22(25)29)16-4-2-10-26-13-16)20-9-7-15-6-8-17(24)12-19(15)20/h2-6,8,10-13,20-21H,7,9H2,1H3,(H2,25,29)/t20-,21-/m1/s1. The van der Waals surface area contributed by atoms with Crippen molar-refractivity contribution in [3.05, 3.63) is 94.0 Å². The van der Waals surface area contributed by atoms with Crippen LogP contribution in [0.3, 0.4) is 0 Å². The van der Waals surface area contributed by atoms with E-state index in [4.69, 9.17) is 17.3 Å². The quantitative estimate of drug-likeness (QED) is 0.679. The minimum atomic E-state index is -0.972. The van der Waals surface area contributed by atoms with Crippen LogP contribution in [0.1, 0.15) is 51.2 Å². The summed E-state index contributed by atoms with van der Waals surface area (Å²) in [7, 11) is 0. The molecule has 0 bridgehead atoms. The third-order valence-electron chi connectivity index (χ3n) is 5.51. The smallest absolute Gasteiger partial charge is 0.257 e. The number of fused-ring (bicyclic) bond motifs is 1. The molecule has 0 spiro atoms. The molecule has 2 aromatic heterocycles. The average molecular weight is 421 g/mol. The third kappa shape index (κ3) is 3.66. The summed E-state index contributed by atoms with van der Waals surface area (Å²) in [6.07, 6.45) is 6.27. The van der Waals surface area contributed by atoms with Gasteiger partial charge in [0.05, 0.1) is 11.6 Å². The number of primary amides is 1. The van der Waals surface area contributed by atoms with E-state index in [-0.39, 0.29) is 11.9 Å². The maximum absolute atomic E-state index is 13.8. The van der Waals surface area contributed by atoms with Crippen molar-refractivity contribution in [3.8, 4) is 0 Å². The molecule has 0 unspecified atom stereocenters. The topological polar surface area (TPSA) is 89.2 Å². The molecule has 2 amide bonds. The van der Waals surface area contributed by atoms with Crippen molar-refractivity contribution in [2.75, 3.05) is 0 Å². The highest BCUT2D eigenvalue weighted by Gasteiger charge is 2.40. The molecule has 1 aliphatic carbocycles. The summed E-state index contributed by atoms with van der Waals surface area (Å²) in [5.41, 5.74) is 9.47. The van der Waals surface area contributed by atoms with Gasteiger partial charge < -0.3 is 10.6 Å². The van der Waals surface area contributed by atoms with E-state index >= 15 is 0 Å². The van der Waals surface area contributed by atoms with Crippen LogP contribution in [0.15, 0.2) is 61.1 Å². The molecule has 0 saturated heterocycles. The Balaban J connectivity index is 1.88. The van der Waals surface area contributed by atoms with Crippen molar-refractivity contribution in [3.63, 3.8) is 0 Å². The normalized spacial score (nSPS) is 16.0. The molecule has 1 aliphatic rings. The van der Waals surface area contributed by atoms with E-state index in [1.165, 1.54) is 0 Å². The van der Waals surface area contributed by atoms with Gasteiger partial charge in [0, 0.05) is 34.9 Å². The van der Waals surface area contributed by atoms with Crippen LogP contribution >= 0.6 is 11.6 Å². The number of benzene rings is 1. The van der Waals surface area contributed by atoms with Crippen molar-refractivity contribution < 1.29 is 9.59 Å². The van der Waals surface area contributed by atoms with E-state index in [2.05, 4.69) is 9.97 Å². The molecule has 2 atom stereocenters. The summed E-state index contributed by atoms with van der Waals surface area (Å²) in [5.74, 6) is -0.917. The lowest BCUT2D eigenvalue weighted by Crippen LogP contribution is -2.43. The highest BCUT2D eigenvalue weighted by molar-refractivity contribution is 6.30. The fraction of sp³-hybridized carbons (Fsp3) is 0.217. The van der Waals surface area contributed by atoms with Gasteiger partial charge in [0.2, 0.25) is 5.91 Å². The minimum absolute atomic E-state index is 0.300. The van der Waals surface area contributed by atoms with E-state index < -0.39 is 11.9 Å². The number of nitrogens with zero attached hydrogens (tertiary/aromatic N) is 3. The molecular weight excluding hydrogens is 400 g/mol. The molecule has 0 radical (unpaired) electrons. The molecule has 3 aromatic rings. The summed E-state index contributed by atoms with van der Waals surface area (Å²) < 4.78 is 0. The van der Waals surface area contributed by atoms with Crippen molar-refractivity contribution >= 4 is 23.4 Å². The van der Waals surface area contributed by atoms with Crippen LogP contribution in [-0.4, -0.2) is 26.7 Å². The Morgan fingerprint density at radius 2 is 2.00 bits per heavy atom. The van der Waals surface area contributed by atoms with E-state index in [1.807, 2.05) is 18.2 Å². The monoisotopic (exact) mass is 420 g/mol. The molecule has 1 aromatic carbocycles. The second-order valence-electron chi connectivity index (χ2n) is 7.34.